The molecule has 0 aliphatic carbocycles. The maximum Gasteiger partial charge on any atom is 0.271 e. The monoisotopic (exact) mass is 502 g/mol. The topological polar surface area (TPSA) is 132 Å². The Bertz CT molecular complexity index is 1200. The number of rotatable bonds is 9. The minimum absolute atomic E-state index is 0.0201. The summed E-state index contributed by atoms with van der Waals surface area (Å²) in [6.45, 7) is 3.93. The van der Waals surface area contributed by atoms with E-state index in [2.05, 4.69) is 20.8 Å². The predicted octanol–water partition coefficient (Wildman–Crippen LogP) is 4.23. The lowest BCUT2D eigenvalue weighted by Gasteiger charge is -2.21. The van der Waals surface area contributed by atoms with Crippen molar-refractivity contribution >= 4 is 46.6 Å². The van der Waals surface area contributed by atoms with Crippen LogP contribution in [0.4, 0.5) is 11.4 Å². The number of aromatic nitrogens is 3. The molecule has 3 rings (SSSR count). The number of nitro benzene ring substituents is 1. The van der Waals surface area contributed by atoms with Crippen LogP contribution in [0.3, 0.4) is 0 Å². The number of carbonyl (C=O) groups excluding carboxylic acids is 2. The fourth-order valence-electron chi connectivity index (χ4n) is 3.11. The highest BCUT2D eigenvalue weighted by Crippen LogP contribution is 2.28. The number of hydrogen-bond acceptors (Lipinski definition) is 7. The van der Waals surface area contributed by atoms with Crippen LogP contribution in [0.25, 0.3) is 0 Å². The number of halogens is 1. The first-order valence-corrected chi connectivity index (χ1v) is 11.7. The van der Waals surface area contributed by atoms with Gasteiger partial charge in [-0.25, -0.2) is 0 Å². The number of non-ortho nitro benzene ring substituents is 1. The zero-order valence-electron chi connectivity index (χ0n) is 18.7. The fourth-order valence-corrected chi connectivity index (χ4v) is 3.99. The molecule has 0 saturated carbocycles. The van der Waals surface area contributed by atoms with Gasteiger partial charge in [0.1, 0.15) is 0 Å². The van der Waals surface area contributed by atoms with Crippen LogP contribution in [-0.4, -0.2) is 37.3 Å². The van der Waals surface area contributed by atoms with Crippen molar-refractivity contribution in [1.29, 1.82) is 0 Å². The zero-order chi connectivity index (χ0) is 24.8. The van der Waals surface area contributed by atoms with Crippen LogP contribution in [-0.2, 0) is 11.8 Å². The van der Waals surface area contributed by atoms with Crippen molar-refractivity contribution in [2.24, 2.45) is 13.0 Å². The van der Waals surface area contributed by atoms with Crippen molar-refractivity contribution in [3.05, 3.63) is 75.1 Å². The molecule has 0 spiro atoms. The third-order valence-electron chi connectivity index (χ3n) is 4.90. The molecule has 12 heteroatoms. The Balaban J connectivity index is 1.67. The summed E-state index contributed by atoms with van der Waals surface area (Å²) in [7, 11) is 1.76. The number of amides is 2. The van der Waals surface area contributed by atoms with Crippen LogP contribution in [0.5, 0.6) is 0 Å². The normalized spacial score (nSPS) is 11.8. The number of anilines is 1. The Morgan fingerprint density at radius 3 is 2.53 bits per heavy atom. The summed E-state index contributed by atoms with van der Waals surface area (Å²) in [6.07, 6.45) is 0. The van der Waals surface area contributed by atoms with Gasteiger partial charge in [-0.15, -0.1) is 10.2 Å². The molecule has 0 radical (unpaired) electrons. The van der Waals surface area contributed by atoms with Gasteiger partial charge >= 0.3 is 0 Å². The summed E-state index contributed by atoms with van der Waals surface area (Å²) >= 11 is 7.18. The molecule has 3 aromatic rings. The summed E-state index contributed by atoms with van der Waals surface area (Å²) in [6, 6.07) is 12.3. The van der Waals surface area contributed by atoms with Crippen molar-refractivity contribution in [2.75, 3.05) is 11.1 Å². The summed E-state index contributed by atoms with van der Waals surface area (Å²) in [5.74, 6) is -0.0515. The highest BCUT2D eigenvalue weighted by atomic mass is 35.5. The minimum atomic E-state index is -0.566. The Morgan fingerprint density at radius 2 is 1.88 bits per heavy atom. The number of carbonyl (C=O) groups is 2. The second-order valence-corrected chi connectivity index (χ2v) is 9.07. The van der Waals surface area contributed by atoms with Gasteiger partial charge in [-0.2, -0.15) is 0 Å². The number of benzene rings is 2. The molecular weight excluding hydrogens is 480 g/mol. The van der Waals surface area contributed by atoms with E-state index in [4.69, 9.17) is 11.6 Å². The van der Waals surface area contributed by atoms with Crippen LogP contribution in [0.2, 0.25) is 5.02 Å². The smallest absolute Gasteiger partial charge is 0.271 e. The van der Waals surface area contributed by atoms with Crippen molar-refractivity contribution in [3.8, 4) is 0 Å². The molecule has 0 saturated heterocycles. The molecule has 0 aliphatic rings. The molecule has 1 heterocycles. The summed E-state index contributed by atoms with van der Waals surface area (Å²) < 4.78 is 1.73. The third kappa shape index (κ3) is 6.12. The quantitative estimate of drug-likeness (QED) is 0.254. The lowest BCUT2D eigenvalue weighted by atomic mass is 10.0. The summed E-state index contributed by atoms with van der Waals surface area (Å²) in [5.41, 5.74) is 0.521. The molecule has 2 N–H and O–H groups in total. The van der Waals surface area contributed by atoms with E-state index < -0.39 is 16.9 Å². The maximum atomic E-state index is 12.7. The van der Waals surface area contributed by atoms with Crippen LogP contribution in [0, 0.1) is 16.0 Å². The average Bonchev–Trinajstić information content (AvgIpc) is 3.17. The first kappa shape index (κ1) is 25.2. The first-order chi connectivity index (χ1) is 16.2. The second kappa shape index (κ2) is 11.1. The van der Waals surface area contributed by atoms with E-state index in [9.17, 15) is 19.7 Å². The van der Waals surface area contributed by atoms with Gasteiger partial charge in [0.15, 0.2) is 11.0 Å². The number of nitro groups is 1. The number of thioether (sulfide) groups is 1. The van der Waals surface area contributed by atoms with Gasteiger partial charge in [-0.3, -0.25) is 19.7 Å². The van der Waals surface area contributed by atoms with Gasteiger partial charge < -0.3 is 15.2 Å². The molecule has 1 atom stereocenters. The number of hydrogen-bond donors (Lipinski definition) is 2. The summed E-state index contributed by atoms with van der Waals surface area (Å²) in [4.78, 5) is 35.4. The van der Waals surface area contributed by atoms with Gasteiger partial charge in [0.05, 0.1) is 27.4 Å². The van der Waals surface area contributed by atoms with Crippen LogP contribution >= 0.6 is 23.4 Å². The lowest BCUT2D eigenvalue weighted by molar-refractivity contribution is -0.384. The first-order valence-electron chi connectivity index (χ1n) is 10.3. The minimum Gasteiger partial charge on any atom is -0.342 e. The predicted molar refractivity (Wildman–Crippen MR) is 130 cm³/mol. The molecule has 0 aliphatic heterocycles. The van der Waals surface area contributed by atoms with Gasteiger partial charge in [0.2, 0.25) is 5.91 Å². The number of nitrogens with zero attached hydrogens (tertiary/aromatic N) is 4. The van der Waals surface area contributed by atoms with E-state index in [0.29, 0.717) is 16.5 Å². The fraction of sp³-hybridized carbons (Fsp3) is 0.273. The van der Waals surface area contributed by atoms with Gasteiger partial charge in [-0.1, -0.05) is 55.4 Å². The van der Waals surface area contributed by atoms with Gasteiger partial charge in [0.25, 0.3) is 11.6 Å². The van der Waals surface area contributed by atoms with Gasteiger partial charge in [-0.05, 0) is 24.1 Å². The standard InChI is InChI=1S/C22H23ClN6O4S/c1-13(2)19(25-21(31)14-7-5-4-6-8-14)20-26-27-22(28(20)3)34-12-18(30)24-17-11-15(29(32)33)9-10-16(17)23/h4-11,13,19H,12H2,1-3H3,(H,24,30)(H,25,31)/t19-/m1/s1. The molecule has 0 bridgehead atoms. The number of nitrogens with one attached hydrogen (secondary N) is 2. The van der Waals surface area contributed by atoms with E-state index in [1.807, 2.05) is 19.9 Å². The Labute approximate surface area is 205 Å². The lowest BCUT2D eigenvalue weighted by Crippen LogP contribution is -2.33. The molecule has 2 aromatic carbocycles. The second-order valence-electron chi connectivity index (χ2n) is 7.72. The molecule has 34 heavy (non-hydrogen) atoms. The van der Waals surface area contributed by atoms with Crippen molar-refractivity contribution in [1.82, 2.24) is 20.1 Å². The average molecular weight is 503 g/mol. The van der Waals surface area contributed by atoms with Gasteiger partial charge in [0, 0.05) is 24.7 Å². The van der Waals surface area contributed by atoms with E-state index >= 15 is 0 Å². The molecule has 10 nitrogen and oxygen atoms in total. The van der Waals surface area contributed by atoms with Crippen molar-refractivity contribution in [3.63, 3.8) is 0 Å². The highest BCUT2D eigenvalue weighted by Gasteiger charge is 2.25. The maximum absolute atomic E-state index is 12.7. The highest BCUT2D eigenvalue weighted by molar-refractivity contribution is 7.99. The van der Waals surface area contributed by atoms with Crippen LogP contribution < -0.4 is 10.6 Å². The summed E-state index contributed by atoms with van der Waals surface area (Å²) in [5, 5.41) is 25.6. The zero-order valence-corrected chi connectivity index (χ0v) is 20.3. The Morgan fingerprint density at radius 1 is 1.18 bits per heavy atom. The molecule has 0 unspecified atom stereocenters. The molecule has 178 valence electrons. The van der Waals surface area contributed by atoms with E-state index in [0.717, 1.165) is 11.8 Å². The van der Waals surface area contributed by atoms with E-state index in [-0.39, 0.29) is 34.0 Å². The van der Waals surface area contributed by atoms with E-state index in [1.54, 1.807) is 35.9 Å². The molecule has 2 amide bonds. The Hall–Kier alpha value is -3.44. The third-order valence-corrected chi connectivity index (χ3v) is 6.25. The molecular formula is C22H23ClN6O4S. The van der Waals surface area contributed by atoms with Crippen molar-refractivity contribution in [2.45, 2.75) is 25.0 Å². The largest absolute Gasteiger partial charge is 0.342 e. The Kier molecular flexibility index (Phi) is 8.24. The van der Waals surface area contributed by atoms with Crippen LogP contribution in [0.15, 0.2) is 53.7 Å². The molecule has 1 aromatic heterocycles. The van der Waals surface area contributed by atoms with Crippen molar-refractivity contribution < 1.29 is 14.5 Å². The van der Waals surface area contributed by atoms with Crippen LogP contribution in [0.1, 0.15) is 36.1 Å². The van der Waals surface area contributed by atoms with E-state index in [1.165, 1.54) is 18.2 Å². The molecule has 0 fully saturated rings. The SMILES string of the molecule is CC(C)[C@@H](NC(=O)c1ccccc1)c1nnc(SCC(=O)Nc2cc([N+](=O)[O-])ccc2Cl)n1C.